The average molecular weight is 308 g/mol. The maximum Gasteiger partial charge on any atom is 0.263 e. The number of nitrogens with one attached hydrogen (secondary N) is 1. The van der Waals surface area contributed by atoms with Crippen LogP contribution in [-0.4, -0.2) is 23.2 Å². The Hall–Kier alpha value is -2.40. The Morgan fingerprint density at radius 2 is 1.86 bits per heavy atom. The van der Waals surface area contributed by atoms with E-state index >= 15 is 0 Å². The van der Waals surface area contributed by atoms with Gasteiger partial charge in [-0.3, -0.25) is 4.79 Å². The van der Waals surface area contributed by atoms with E-state index < -0.39 is 5.91 Å². The first kappa shape index (κ1) is 15.0. The van der Waals surface area contributed by atoms with E-state index in [0.717, 1.165) is 5.56 Å². The molecule has 21 heavy (non-hydrogen) atoms. The lowest BCUT2D eigenvalue weighted by Crippen LogP contribution is -2.13. The molecule has 5 nitrogen and oxygen atoms in total. The second-order valence-corrected chi connectivity index (χ2v) is 4.83. The lowest BCUT2D eigenvalue weighted by atomic mass is 10.1. The Balaban J connectivity index is 2.38. The molecular formula is C15H14ClNO4. The number of phenolic OH excluding ortho intramolecular Hbond substituents is 2. The number of aryl methyl sites for hydroxylation is 1. The third-order valence-corrected chi connectivity index (χ3v) is 3.38. The molecule has 0 aromatic heterocycles. The molecule has 110 valence electrons. The summed E-state index contributed by atoms with van der Waals surface area (Å²) in [5.74, 6) is -0.881. The standard InChI is InChI=1S/C15H14ClNO4/c1-8-6-10(13(21-2)7-9(8)16)17-15(20)14-11(18)4-3-5-12(14)19/h3-7,18-19H,1-2H3,(H,17,20). The van der Waals surface area contributed by atoms with Crippen molar-refractivity contribution in [2.24, 2.45) is 0 Å². The first-order valence-corrected chi connectivity index (χ1v) is 6.48. The van der Waals surface area contributed by atoms with Gasteiger partial charge in [-0.15, -0.1) is 0 Å². The smallest absolute Gasteiger partial charge is 0.263 e. The predicted octanol–water partition coefficient (Wildman–Crippen LogP) is 3.32. The Morgan fingerprint density at radius 1 is 1.24 bits per heavy atom. The van der Waals surface area contributed by atoms with E-state index in [1.807, 2.05) is 0 Å². The number of anilines is 1. The van der Waals surface area contributed by atoms with Gasteiger partial charge in [-0.2, -0.15) is 0 Å². The highest BCUT2D eigenvalue weighted by Gasteiger charge is 2.18. The monoisotopic (exact) mass is 307 g/mol. The minimum atomic E-state index is -0.648. The van der Waals surface area contributed by atoms with Gasteiger partial charge in [0.2, 0.25) is 0 Å². The van der Waals surface area contributed by atoms with Crippen molar-refractivity contribution in [2.75, 3.05) is 12.4 Å². The molecule has 3 N–H and O–H groups in total. The first-order valence-electron chi connectivity index (χ1n) is 6.10. The van der Waals surface area contributed by atoms with E-state index in [1.165, 1.54) is 25.3 Å². The number of hydrogen-bond donors (Lipinski definition) is 3. The number of carbonyl (C=O) groups excluding carboxylic acids is 1. The van der Waals surface area contributed by atoms with E-state index in [1.54, 1.807) is 19.1 Å². The van der Waals surface area contributed by atoms with Crippen molar-refractivity contribution in [3.05, 3.63) is 46.5 Å². The zero-order valence-electron chi connectivity index (χ0n) is 11.5. The van der Waals surface area contributed by atoms with Crippen LogP contribution in [-0.2, 0) is 0 Å². The van der Waals surface area contributed by atoms with Crippen LogP contribution in [0.3, 0.4) is 0 Å². The number of halogens is 1. The minimum absolute atomic E-state index is 0.202. The molecule has 0 spiro atoms. The molecule has 0 bridgehead atoms. The lowest BCUT2D eigenvalue weighted by Gasteiger charge is -2.13. The van der Waals surface area contributed by atoms with Gasteiger partial charge >= 0.3 is 0 Å². The van der Waals surface area contributed by atoms with Gasteiger partial charge < -0.3 is 20.3 Å². The molecule has 2 rings (SSSR count). The molecule has 2 aromatic carbocycles. The van der Waals surface area contributed by atoms with Crippen molar-refractivity contribution in [3.8, 4) is 17.2 Å². The van der Waals surface area contributed by atoms with Crippen LogP contribution in [0.2, 0.25) is 5.02 Å². The van der Waals surface area contributed by atoms with Gasteiger partial charge in [-0.25, -0.2) is 0 Å². The Kier molecular flexibility index (Phi) is 4.23. The van der Waals surface area contributed by atoms with Crippen molar-refractivity contribution in [2.45, 2.75) is 6.92 Å². The van der Waals surface area contributed by atoms with Crippen molar-refractivity contribution < 1.29 is 19.7 Å². The van der Waals surface area contributed by atoms with E-state index in [4.69, 9.17) is 16.3 Å². The summed E-state index contributed by atoms with van der Waals surface area (Å²) in [6, 6.07) is 7.31. The SMILES string of the molecule is COc1cc(Cl)c(C)cc1NC(=O)c1c(O)cccc1O. The van der Waals surface area contributed by atoms with Crippen LogP contribution >= 0.6 is 11.6 Å². The molecule has 0 aliphatic carbocycles. The summed E-state index contributed by atoms with van der Waals surface area (Å²) in [5, 5.41) is 22.5. The van der Waals surface area contributed by atoms with Gasteiger partial charge in [0.25, 0.3) is 5.91 Å². The number of rotatable bonds is 3. The molecule has 0 saturated carbocycles. The molecule has 2 aromatic rings. The predicted molar refractivity (Wildman–Crippen MR) is 80.5 cm³/mol. The number of methoxy groups -OCH3 is 1. The van der Waals surface area contributed by atoms with Crippen molar-refractivity contribution >= 4 is 23.2 Å². The van der Waals surface area contributed by atoms with Crippen LogP contribution in [0.25, 0.3) is 0 Å². The minimum Gasteiger partial charge on any atom is -0.507 e. The summed E-state index contributed by atoms with van der Waals surface area (Å²) >= 11 is 6.00. The summed E-state index contributed by atoms with van der Waals surface area (Å²) in [4.78, 5) is 12.2. The van der Waals surface area contributed by atoms with Gasteiger partial charge in [0.05, 0.1) is 12.8 Å². The summed E-state index contributed by atoms with van der Waals surface area (Å²) in [6.45, 7) is 1.79. The summed E-state index contributed by atoms with van der Waals surface area (Å²) in [6.07, 6.45) is 0. The quantitative estimate of drug-likeness (QED) is 0.812. The highest BCUT2D eigenvalue weighted by atomic mass is 35.5. The molecule has 6 heteroatoms. The number of ether oxygens (including phenoxy) is 1. The molecule has 0 aliphatic heterocycles. The molecular weight excluding hydrogens is 294 g/mol. The lowest BCUT2D eigenvalue weighted by molar-refractivity contribution is 0.102. The highest BCUT2D eigenvalue weighted by Crippen LogP contribution is 2.33. The summed E-state index contributed by atoms with van der Waals surface area (Å²) < 4.78 is 5.15. The number of hydrogen-bond acceptors (Lipinski definition) is 4. The zero-order chi connectivity index (χ0) is 15.6. The van der Waals surface area contributed by atoms with Crippen LogP contribution in [0.5, 0.6) is 17.2 Å². The normalized spacial score (nSPS) is 10.2. The fraction of sp³-hybridized carbons (Fsp3) is 0.133. The van der Waals surface area contributed by atoms with Crippen LogP contribution in [0.4, 0.5) is 5.69 Å². The maximum atomic E-state index is 12.2. The second-order valence-electron chi connectivity index (χ2n) is 4.43. The molecule has 0 radical (unpaired) electrons. The maximum absolute atomic E-state index is 12.2. The van der Waals surface area contributed by atoms with E-state index in [0.29, 0.717) is 16.5 Å². The fourth-order valence-corrected chi connectivity index (χ4v) is 2.03. The molecule has 0 aliphatic rings. The van der Waals surface area contributed by atoms with E-state index in [-0.39, 0.29) is 17.1 Å². The summed E-state index contributed by atoms with van der Waals surface area (Å²) in [7, 11) is 1.45. The Labute approximate surface area is 126 Å². The van der Waals surface area contributed by atoms with Gasteiger partial charge in [-0.1, -0.05) is 17.7 Å². The Morgan fingerprint density at radius 3 is 2.43 bits per heavy atom. The van der Waals surface area contributed by atoms with Crippen LogP contribution < -0.4 is 10.1 Å². The van der Waals surface area contributed by atoms with Gasteiger partial charge in [0, 0.05) is 11.1 Å². The van der Waals surface area contributed by atoms with Crippen molar-refractivity contribution in [3.63, 3.8) is 0 Å². The number of carbonyl (C=O) groups is 1. The van der Waals surface area contributed by atoms with Crippen LogP contribution in [0.1, 0.15) is 15.9 Å². The molecule has 1 amide bonds. The number of amides is 1. The largest absolute Gasteiger partial charge is 0.507 e. The highest BCUT2D eigenvalue weighted by molar-refractivity contribution is 6.31. The number of aromatic hydroxyl groups is 2. The summed E-state index contributed by atoms with van der Waals surface area (Å²) in [5.41, 5.74) is 0.952. The molecule has 0 atom stereocenters. The van der Waals surface area contributed by atoms with E-state index in [2.05, 4.69) is 5.32 Å². The van der Waals surface area contributed by atoms with Gasteiger partial charge in [0.15, 0.2) is 0 Å². The van der Waals surface area contributed by atoms with Crippen LogP contribution in [0.15, 0.2) is 30.3 Å². The fourth-order valence-electron chi connectivity index (χ4n) is 1.88. The molecule has 0 saturated heterocycles. The molecule has 0 heterocycles. The third kappa shape index (κ3) is 3.03. The number of benzene rings is 2. The molecule has 0 fully saturated rings. The van der Waals surface area contributed by atoms with Gasteiger partial charge in [0.1, 0.15) is 22.8 Å². The first-order chi connectivity index (χ1) is 9.93. The van der Waals surface area contributed by atoms with E-state index in [9.17, 15) is 15.0 Å². The van der Waals surface area contributed by atoms with Crippen LogP contribution in [0, 0.1) is 6.92 Å². The van der Waals surface area contributed by atoms with Crippen molar-refractivity contribution in [1.29, 1.82) is 0 Å². The van der Waals surface area contributed by atoms with Crippen molar-refractivity contribution in [1.82, 2.24) is 0 Å². The molecule has 0 unspecified atom stereocenters. The third-order valence-electron chi connectivity index (χ3n) is 2.98. The topological polar surface area (TPSA) is 78.8 Å². The zero-order valence-corrected chi connectivity index (χ0v) is 12.2. The number of phenols is 2. The second kappa shape index (κ2) is 5.93. The van der Waals surface area contributed by atoms with Gasteiger partial charge in [-0.05, 0) is 30.7 Å². The Bertz CT molecular complexity index is 680. The average Bonchev–Trinajstić information content (AvgIpc) is 2.42.